The van der Waals surface area contributed by atoms with Gasteiger partial charge in [-0.05, 0) is 53.9 Å². The third kappa shape index (κ3) is 3.38. The highest BCUT2D eigenvalue weighted by atomic mass is 32.1. The number of benzene rings is 1. The molecule has 2 aromatic rings. The van der Waals surface area contributed by atoms with Gasteiger partial charge in [-0.25, -0.2) is 4.39 Å². The van der Waals surface area contributed by atoms with Crippen LogP contribution in [0.4, 0.5) is 4.39 Å². The quantitative estimate of drug-likeness (QED) is 0.857. The van der Waals surface area contributed by atoms with E-state index in [0.29, 0.717) is 0 Å². The number of nitrogens with one attached hydrogen (secondary N) is 1. The Labute approximate surface area is 105 Å². The lowest BCUT2D eigenvalue weighted by atomic mass is 10.0. The molecule has 1 nitrogen and oxygen atoms in total. The first kappa shape index (κ1) is 12.3. The van der Waals surface area contributed by atoms with Crippen molar-refractivity contribution in [1.29, 1.82) is 0 Å². The smallest absolute Gasteiger partial charge is 0.126 e. The zero-order valence-electron chi connectivity index (χ0n) is 9.82. The fourth-order valence-electron chi connectivity index (χ4n) is 1.90. The average molecular weight is 249 g/mol. The lowest BCUT2D eigenvalue weighted by Crippen LogP contribution is -2.30. The van der Waals surface area contributed by atoms with E-state index in [9.17, 15) is 4.39 Å². The van der Waals surface area contributed by atoms with Crippen LogP contribution in [0.25, 0.3) is 0 Å². The zero-order chi connectivity index (χ0) is 12.1. The van der Waals surface area contributed by atoms with Gasteiger partial charge in [0.1, 0.15) is 5.82 Å². The molecule has 3 heteroatoms. The Balaban J connectivity index is 2.03. The second-order valence-corrected chi connectivity index (χ2v) is 4.90. The first-order valence-electron chi connectivity index (χ1n) is 5.71. The molecule has 1 N–H and O–H groups in total. The molecule has 0 amide bonds. The van der Waals surface area contributed by atoms with Crippen LogP contribution in [0.3, 0.4) is 0 Å². The van der Waals surface area contributed by atoms with Crippen LogP contribution < -0.4 is 5.32 Å². The monoisotopic (exact) mass is 249 g/mol. The van der Waals surface area contributed by atoms with Crippen molar-refractivity contribution in [2.24, 2.45) is 0 Å². The van der Waals surface area contributed by atoms with Crippen LogP contribution in [-0.4, -0.2) is 13.1 Å². The van der Waals surface area contributed by atoms with Crippen molar-refractivity contribution in [2.45, 2.75) is 18.9 Å². The summed E-state index contributed by atoms with van der Waals surface area (Å²) in [4.78, 5) is 0. The van der Waals surface area contributed by atoms with Gasteiger partial charge in [-0.2, -0.15) is 11.3 Å². The second-order valence-electron chi connectivity index (χ2n) is 4.12. The summed E-state index contributed by atoms with van der Waals surface area (Å²) in [5, 5.41) is 7.47. The Kier molecular flexibility index (Phi) is 4.29. The molecule has 1 aromatic carbocycles. The number of likely N-dealkylation sites (N-methyl/N-ethyl adjacent to an activating group) is 1. The first-order valence-corrected chi connectivity index (χ1v) is 6.65. The van der Waals surface area contributed by atoms with E-state index in [-0.39, 0.29) is 11.9 Å². The molecule has 17 heavy (non-hydrogen) atoms. The summed E-state index contributed by atoms with van der Waals surface area (Å²) in [7, 11) is 1.93. The van der Waals surface area contributed by atoms with Crippen LogP contribution in [0.2, 0.25) is 0 Å². The van der Waals surface area contributed by atoms with Crippen LogP contribution in [0.5, 0.6) is 0 Å². The summed E-state index contributed by atoms with van der Waals surface area (Å²) in [6.07, 6.45) is 1.66. The highest BCUT2D eigenvalue weighted by Gasteiger charge is 2.11. The van der Waals surface area contributed by atoms with Gasteiger partial charge in [-0.15, -0.1) is 0 Å². The van der Waals surface area contributed by atoms with Crippen LogP contribution >= 0.6 is 11.3 Å². The molecule has 0 aliphatic heterocycles. The van der Waals surface area contributed by atoms with Gasteiger partial charge in [0.15, 0.2) is 0 Å². The zero-order valence-corrected chi connectivity index (χ0v) is 10.6. The topological polar surface area (TPSA) is 12.0 Å². The molecule has 0 radical (unpaired) electrons. The fourth-order valence-corrected chi connectivity index (χ4v) is 2.58. The SMILES string of the molecule is CNC(Cc1ccsc1)Cc1ccccc1F. The molecule has 1 heterocycles. The second kappa shape index (κ2) is 5.94. The van der Waals surface area contributed by atoms with E-state index in [4.69, 9.17) is 0 Å². The number of hydrogen-bond acceptors (Lipinski definition) is 2. The van der Waals surface area contributed by atoms with E-state index in [1.54, 1.807) is 17.4 Å². The highest BCUT2D eigenvalue weighted by Crippen LogP contribution is 2.14. The van der Waals surface area contributed by atoms with Crippen molar-refractivity contribution in [2.75, 3.05) is 7.05 Å². The van der Waals surface area contributed by atoms with Crippen LogP contribution in [0.15, 0.2) is 41.1 Å². The predicted octanol–water partition coefficient (Wildman–Crippen LogP) is 3.26. The maximum atomic E-state index is 13.5. The van der Waals surface area contributed by atoms with Gasteiger partial charge in [-0.1, -0.05) is 18.2 Å². The molecule has 1 unspecified atom stereocenters. The first-order chi connectivity index (χ1) is 8.29. The third-order valence-corrected chi connectivity index (χ3v) is 3.63. The van der Waals surface area contributed by atoms with Gasteiger partial charge < -0.3 is 5.32 Å². The summed E-state index contributed by atoms with van der Waals surface area (Å²) >= 11 is 1.70. The molecular formula is C14H16FNS. The van der Waals surface area contributed by atoms with Gasteiger partial charge in [-0.3, -0.25) is 0 Å². The average Bonchev–Trinajstić information content (AvgIpc) is 2.84. The molecule has 0 saturated carbocycles. The Morgan fingerprint density at radius 2 is 2.06 bits per heavy atom. The van der Waals surface area contributed by atoms with Crippen molar-refractivity contribution >= 4 is 11.3 Å². The molecule has 1 aromatic heterocycles. The molecule has 0 aliphatic rings. The summed E-state index contributed by atoms with van der Waals surface area (Å²) in [6, 6.07) is 9.39. The van der Waals surface area contributed by atoms with E-state index in [0.717, 1.165) is 18.4 Å². The summed E-state index contributed by atoms with van der Waals surface area (Å²) < 4.78 is 13.5. The van der Waals surface area contributed by atoms with Crippen LogP contribution in [0.1, 0.15) is 11.1 Å². The molecule has 0 fully saturated rings. The van der Waals surface area contributed by atoms with E-state index >= 15 is 0 Å². The molecule has 1 atom stereocenters. The largest absolute Gasteiger partial charge is 0.316 e. The van der Waals surface area contributed by atoms with E-state index in [1.165, 1.54) is 11.6 Å². The summed E-state index contributed by atoms with van der Waals surface area (Å²) in [5.74, 6) is -0.113. The lowest BCUT2D eigenvalue weighted by molar-refractivity contribution is 0.532. The third-order valence-electron chi connectivity index (χ3n) is 2.89. The van der Waals surface area contributed by atoms with E-state index in [2.05, 4.69) is 22.1 Å². The fraction of sp³-hybridized carbons (Fsp3) is 0.286. The molecule has 90 valence electrons. The Morgan fingerprint density at radius 1 is 1.24 bits per heavy atom. The molecule has 0 bridgehead atoms. The number of hydrogen-bond donors (Lipinski definition) is 1. The minimum atomic E-state index is -0.113. The maximum Gasteiger partial charge on any atom is 0.126 e. The Morgan fingerprint density at radius 3 is 2.71 bits per heavy atom. The van der Waals surface area contributed by atoms with Gasteiger partial charge in [0.05, 0.1) is 0 Å². The summed E-state index contributed by atoms with van der Waals surface area (Å²) in [6.45, 7) is 0. The van der Waals surface area contributed by atoms with Crippen LogP contribution in [0, 0.1) is 5.82 Å². The van der Waals surface area contributed by atoms with Crippen molar-refractivity contribution in [3.63, 3.8) is 0 Å². The van der Waals surface area contributed by atoms with Gasteiger partial charge in [0.25, 0.3) is 0 Å². The van der Waals surface area contributed by atoms with Crippen LogP contribution in [-0.2, 0) is 12.8 Å². The summed E-state index contributed by atoms with van der Waals surface area (Å²) in [5.41, 5.74) is 2.09. The molecule has 0 saturated heterocycles. The molecule has 2 rings (SSSR count). The lowest BCUT2D eigenvalue weighted by Gasteiger charge is -2.15. The van der Waals surface area contributed by atoms with E-state index in [1.807, 2.05) is 19.2 Å². The Bertz CT molecular complexity index is 453. The highest BCUT2D eigenvalue weighted by molar-refractivity contribution is 7.07. The number of halogens is 1. The van der Waals surface area contributed by atoms with Gasteiger partial charge in [0, 0.05) is 6.04 Å². The minimum Gasteiger partial charge on any atom is -0.316 e. The standard InChI is InChI=1S/C14H16FNS/c1-16-13(8-11-6-7-17-10-11)9-12-4-2-3-5-14(12)15/h2-7,10,13,16H,8-9H2,1H3. The van der Waals surface area contributed by atoms with Crippen molar-refractivity contribution in [3.05, 3.63) is 58.0 Å². The molecule has 0 aliphatic carbocycles. The van der Waals surface area contributed by atoms with Crippen molar-refractivity contribution in [3.8, 4) is 0 Å². The van der Waals surface area contributed by atoms with Gasteiger partial charge in [0.2, 0.25) is 0 Å². The van der Waals surface area contributed by atoms with E-state index < -0.39 is 0 Å². The predicted molar refractivity (Wildman–Crippen MR) is 71.0 cm³/mol. The molecule has 0 spiro atoms. The maximum absolute atomic E-state index is 13.5. The Hall–Kier alpha value is -1.19. The minimum absolute atomic E-state index is 0.113. The normalized spacial score (nSPS) is 12.6. The molecular weight excluding hydrogens is 233 g/mol. The number of rotatable bonds is 5. The van der Waals surface area contributed by atoms with Crippen molar-refractivity contribution in [1.82, 2.24) is 5.32 Å². The van der Waals surface area contributed by atoms with Gasteiger partial charge >= 0.3 is 0 Å². The van der Waals surface area contributed by atoms with Crippen molar-refractivity contribution < 1.29 is 4.39 Å². The number of thiophene rings is 1.